The van der Waals surface area contributed by atoms with Crippen LogP contribution < -0.4 is 21.9 Å². The first-order valence-electron chi connectivity index (χ1n) is 4.47. The minimum Gasteiger partial charge on any atom is -0.497 e. The van der Waals surface area contributed by atoms with Crippen molar-refractivity contribution < 1.29 is 4.74 Å². The highest BCUT2D eigenvalue weighted by molar-refractivity contribution is 5.60. The first kappa shape index (κ1) is 10.1. The van der Waals surface area contributed by atoms with E-state index in [1.54, 1.807) is 12.1 Å². The van der Waals surface area contributed by atoms with Crippen LogP contribution in [0.2, 0.25) is 0 Å². The van der Waals surface area contributed by atoms with Gasteiger partial charge < -0.3 is 10.5 Å². The Hall–Kier alpha value is -2.44. The van der Waals surface area contributed by atoms with Crippen molar-refractivity contribution in [3.05, 3.63) is 39.2 Å². The second-order valence-electron chi connectivity index (χ2n) is 3.12. The zero-order valence-electron chi connectivity index (χ0n) is 8.48. The van der Waals surface area contributed by atoms with E-state index < -0.39 is 11.4 Å². The topological polar surface area (TPSA) is 106 Å². The van der Waals surface area contributed by atoms with Gasteiger partial charge in [-0.2, -0.15) is 0 Å². The molecule has 0 aliphatic carbocycles. The third-order valence-corrected chi connectivity index (χ3v) is 2.16. The fourth-order valence-corrected chi connectivity index (χ4v) is 1.39. The van der Waals surface area contributed by atoms with E-state index in [1.807, 2.05) is 0 Å². The second-order valence-corrected chi connectivity index (χ2v) is 3.12. The van der Waals surface area contributed by atoms with Crippen molar-refractivity contribution in [3.8, 4) is 11.4 Å². The summed E-state index contributed by atoms with van der Waals surface area (Å²) in [5.74, 6) is 0.557. The van der Waals surface area contributed by atoms with Crippen LogP contribution in [0, 0.1) is 0 Å². The van der Waals surface area contributed by atoms with Crippen molar-refractivity contribution in [1.82, 2.24) is 14.8 Å². The van der Waals surface area contributed by atoms with Crippen molar-refractivity contribution in [1.29, 1.82) is 0 Å². The SMILES string of the molecule is COc1ccc(-n2c(=O)[nH][nH]c2=O)c(N)c1. The van der Waals surface area contributed by atoms with Crippen LogP contribution in [0.25, 0.3) is 5.69 Å². The number of nitrogens with zero attached hydrogens (tertiary/aromatic N) is 1. The summed E-state index contributed by atoms with van der Waals surface area (Å²) < 4.78 is 5.88. The lowest BCUT2D eigenvalue weighted by Gasteiger charge is -2.06. The summed E-state index contributed by atoms with van der Waals surface area (Å²) in [5.41, 5.74) is 5.18. The number of aromatic amines is 2. The Bertz CT molecular complexity index is 595. The minimum absolute atomic E-state index is 0.284. The molecule has 2 rings (SSSR count). The van der Waals surface area contributed by atoms with Crippen LogP contribution >= 0.6 is 0 Å². The van der Waals surface area contributed by atoms with Gasteiger partial charge in [0.2, 0.25) is 0 Å². The van der Waals surface area contributed by atoms with Crippen molar-refractivity contribution >= 4 is 5.69 Å². The van der Waals surface area contributed by atoms with Gasteiger partial charge in [-0.1, -0.05) is 0 Å². The predicted octanol–water partition coefficient (Wildman–Crippen LogP) is -0.555. The molecular weight excluding hydrogens is 212 g/mol. The Kier molecular flexibility index (Phi) is 2.28. The Labute approximate surface area is 89.5 Å². The van der Waals surface area contributed by atoms with Crippen LogP contribution in [0.1, 0.15) is 0 Å². The van der Waals surface area contributed by atoms with Crippen molar-refractivity contribution in [2.45, 2.75) is 0 Å². The van der Waals surface area contributed by atoms with Crippen LogP contribution in [0.3, 0.4) is 0 Å². The van der Waals surface area contributed by atoms with Gasteiger partial charge in [0.1, 0.15) is 5.75 Å². The molecule has 7 heteroatoms. The molecule has 0 atom stereocenters. The molecule has 0 fully saturated rings. The van der Waals surface area contributed by atoms with E-state index in [2.05, 4.69) is 10.2 Å². The maximum Gasteiger partial charge on any atom is 0.349 e. The van der Waals surface area contributed by atoms with Gasteiger partial charge in [-0.15, -0.1) is 0 Å². The third kappa shape index (κ3) is 1.48. The average molecular weight is 222 g/mol. The number of anilines is 1. The van der Waals surface area contributed by atoms with Crippen LogP contribution in [0.5, 0.6) is 5.75 Å². The summed E-state index contributed by atoms with van der Waals surface area (Å²) in [5, 5.41) is 4.35. The first-order valence-corrected chi connectivity index (χ1v) is 4.47. The minimum atomic E-state index is -0.568. The number of methoxy groups -OCH3 is 1. The number of nitrogen functional groups attached to an aromatic ring is 1. The number of benzene rings is 1. The molecule has 84 valence electrons. The number of H-pyrrole nitrogens is 2. The van der Waals surface area contributed by atoms with Crippen LogP contribution in [-0.4, -0.2) is 21.9 Å². The molecule has 0 unspecified atom stereocenters. The zero-order chi connectivity index (χ0) is 11.7. The summed E-state index contributed by atoms with van der Waals surface area (Å²) >= 11 is 0. The van der Waals surface area contributed by atoms with E-state index in [0.29, 0.717) is 11.4 Å². The monoisotopic (exact) mass is 222 g/mol. The van der Waals surface area contributed by atoms with Gasteiger partial charge in [0, 0.05) is 6.07 Å². The molecule has 4 N–H and O–H groups in total. The number of aromatic nitrogens is 3. The van der Waals surface area contributed by atoms with Crippen LogP contribution in [-0.2, 0) is 0 Å². The fourth-order valence-electron chi connectivity index (χ4n) is 1.39. The highest BCUT2D eigenvalue weighted by atomic mass is 16.5. The average Bonchev–Trinajstić information content (AvgIpc) is 2.59. The van der Waals surface area contributed by atoms with E-state index in [1.165, 1.54) is 13.2 Å². The molecule has 16 heavy (non-hydrogen) atoms. The molecule has 0 aliphatic heterocycles. The molecule has 1 aromatic heterocycles. The van der Waals surface area contributed by atoms with Gasteiger partial charge in [-0.3, -0.25) is 0 Å². The maximum atomic E-state index is 11.3. The first-order chi connectivity index (χ1) is 7.63. The van der Waals surface area contributed by atoms with Gasteiger partial charge in [-0.25, -0.2) is 24.4 Å². The van der Waals surface area contributed by atoms with Gasteiger partial charge >= 0.3 is 11.4 Å². The molecule has 1 aromatic carbocycles. The fraction of sp³-hybridized carbons (Fsp3) is 0.111. The highest BCUT2D eigenvalue weighted by Crippen LogP contribution is 2.20. The Morgan fingerprint density at radius 3 is 2.38 bits per heavy atom. The molecule has 0 radical (unpaired) electrons. The molecule has 0 bridgehead atoms. The van der Waals surface area contributed by atoms with E-state index in [9.17, 15) is 9.59 Å². The van der Waals surface area contributed by atoms with Gasteiger partial charge in [0.25, 0.3) is 0 Å². The Morgan fingerprint density at radius 2 is 1.88 bits per heavy atom. The summed E-state index contributed by atoms with van der Waals surface area (Å²) in [6, 6.07) is 4.69. The molecule has 0 amide bonds. The molecule has 0 saturated heterocycles. The van der Waals surface area contributed by atoms with E-state index in [-0.39, 0.29) is 5.69 Å². The number of hydrogen-bond donors (Lipinski definition) is 3. The largest absolute Gasteiger partial charge is 0.497 e. The smallest absolute Gasteiger partial charge is 0.349 e. The standard InChI is InChI=1S/C9H10N4O3/c1-16-5-2-3-7(6(10)4-5)13-8(14)11-12-9(13)15/h2-4H,10H2,1H3,(H,11,14)(H,12,15). The molecule has 2 aromatic rings. The number of nitrogens with two attached hydrogens (primary N) is 1. The van der Waals surface area contributed by atoms with Crippen molar-refractivity contribution in [2.24, 2.45) is 0 Å². The molecule has 0 saturated carbocycles. The normalized spacial score (nSPS) is 10.3. The third-order valence-electron chi connectivity index (χ3n) is 2.16. The molecule has 0 spiro atoms. The summed E-state index contributed by atoms with van der Waals surface area (Å²) in [6.45, 7) is 0. The number of nitrogens with one attached hydrogen (secondary N) is 2. The van der Waals surface area contributed by atoms with Crippen molar-refractivity contribution in [2.75, 3.05) is 12.8 Å². The van der Waals surface area contributed by atoms with E-state index in [0.717, 1.165) is 4.57 Å². The van der Waals surface area contributed by atoms with Crippen LogP contribution in [0.4, 0.5) is 5.69 Å². The van der Waals surface area contributed by atoms with E-state index >= 15 is 0 Å². The zero-order valence-corrected chi connectivity index (χ0v) is 8.48. The predicted molar refractivity (Wildman–Crippen MR) is 58.0 cm³/mol. The Balaban J connectivity index is 2.66. The quantitative estimate of drug-likeness (QED) is 0.592. The lowest BCUT2D eigenvalue weighted by Crippen LogP contribution is -2.25. The van der Waals surface area contributed by atoms with Gasteiger partial charge in [0.05, 0.1) is 18.5 Å². The van der Waals surface area contributed by atoms with Gasteiger partial charge in [-0.05, 0) is 12.1 Å². The Morgan fingerprint density at radius 1 is 1.25 bits per heavy atom. The molecule has 7 nitrogen and oxygen atoms in total. The lowest BCUT2D eigenvalue weighted by molar-refractivity contribution is 0.415. The second kappa shape index (κ2) is 3.61. The summed E-state index contributed by atoms with van der Waals surface area (Å²) in [7, 11) is 1.50. The molecule has 1 heterocycles. The molecule has 0 aliphatic rings. The summed E-state index contributed by atoms with van der Waals surface area (Å²) in [4.78, 5) is 22.7. The lowest BCUT2D eigenvalue weighted by atomic mass is 10.2. The maximum absolute atomic E-state index is 11.3. The highest BCUT2D eigenvalue weighted by Gasteiger charge is 2.09. The number of ether oxygens (including phenoxy) is 1. The number of rotatable bonds is 2. The van der Waals surface area contributed by atoms with Crippen LogP contribution in [0.15, 0.2) is 27.8 Å². The molecular formula is C9H10N4O3. The summed E-state index contributed by atoms with van der Waals surface area (Å²) in [6.07, 6.45) is 0. The van der Waals surface area contributed by atoms with E-state index in [4.69, 9.17) is 10.5 Å². The van der Waals surface area contributed by atoms with Crippen molar-refractivity contribution in [3.63, 3.8) is 0 Å². The number of hydrogen-bond acceptors (Lipinski definition) is 4. The van der Waals surface area contributed by atoms with Gasteiger partial charge in [0.15, 0.2) is 0 Å².